The fourth-order valence-corrected chi connectivity index (χ4v) is 3.93. The molecule has 8 nitrogen and oxygen atoms in total. The molecule has 2 aromatic heterocycles. The summed E-state index contributed by atoms with van der Waals surface area (Å²) in [6.45, 7) is 3.58. The van der Waals surface area contributed by atoms with Crippen LogP contribution in [0.1, 0.15) is 35.9 Å². The van der Waals surface area contributed by atoms with Gasteiger partial charge in [-0.1, -0.05) is 24.3 Å². The van der Waals surface area contributed by atoms with Crippen molar-refractivity contribution in [3.8, 4) is 11.3 Å². The van der Waals surface area contributed by atoms with Crippen molar-refractivity contribution in [1.82, 2.24) is 30.4 Å². The minimum atomic E-state index is -1.58. The topological polar surface area (TPSA) is 102 Å². The van der Waals surface area contributed by atoms with E-state index in [0.717, 1.165) is 42.7 Å². The van der Waals surface area contributed by atoms with Gasteiger partial charge in [0, 0.05) is 30.1 Å². The standard InChI is InChI=1S/C28H27F3N6O2/c1-2-3-4-18(5-7-25-33-15-20(16-34-25)28(39)35-21-9-11-32-12-10-21)17-37-26(38)8-6-24(36-37)19-13-22(29)27(31)23(30)14-19/h2-8,13-16,21,32H,9-12,17H2,1H3,(H,35,39)/b3-2-,7-5+,18-4+. The van der Waals surface area contributed by atoms with Crippen molar-refractivity contribution >= 4 is 12.0 Å². The van der Waals surface area contributed by atoms with Gasteiger partial charge in [-0.2, -0.15) is 5.10 Å². The van der Waals surface area contributed by atoms with E-state index in [1.807, 2.05) is 6.92 Å². The number of rotatable bonds is 8. The van der Waals surface area contributed by atoms with E-state index >= 15 is 0 Å². The van der Waals surface area contributed by atoms with Crippen molar-refractivity contribution in [1.29, 1.82) is 0 Å². The van der Waals surface area contributed by atoms with Gasteiger partial charge in [-0.15, -0.1) is 0 Å². The maximum Gasteiger partial charge on any atom is 0.267 e. The summed E-state index contributed by atoms with van der Waals surface area (Å²) < 4.78 is 41.9. The summed E-state index contributed by atoms with van der Waals surface area (Å²) in [5.74, 6) is -4.15. The molecule has 3 aromatic rings. The van der Waals surface area contributed by atoms with Gasteiger partial charge in [0.25, 0.3) is 11.5 Å². The minimum absolute atomic E-state index is 0.00708. The van der Waals surface area contributed by atoms with Crippen LogP contribution in [-0.2, 0) is 6.54 Å². The highest BCUT2D eigenvalue weighted by Gasteiger charge is 2.17. The molecule has 11 heteroatoms. The maximum absolute atomic E-state index is 13.7. The predicted octanol–water partition coefficient (Wildman–Crippen LogP) is 3.82. The highest BCUT2D eigenvalue weighted by molar-refractivity contribution is 5.93. The normalized spacial score (nSPS) is 14.8. The Labute approximate surface area is 223 Å². The number of aromatic nitrogens is 4. The Morgan fingerprint density at radius 2 is 1.82 bits per heavy atom. The van der Waals surface area contributed by atoms with Crippen molar-refractivity contribution in [3.05, 3.63) is 106 Å². The first-order chi connectivity index (χ1) is 18.8. The number of hydrogen-bond donors (Lipinski definition) is 2. The summed E-state index contributed by atoms with van der Waals surface area (Å²) in [5.41, 5.74) is 0.655. The Morgan fingerprint density at radius 1 is 1.13 bits per heavy atom. The lowest BCUT2D eigenvalue weighted by Crippen LogP contribution is -2.42. The van der Waals surface area contributed by atoms with Crippen LogP contribution in [0, 0.1) is 17.5 Å². The summed E-state index contributed by atoms with van der Waals surface area (Å²) in [6.07, 6.45) is 13.3. The molecule has 0 spiro atoms. The van der Waals surface area contributed by atoms with Gasteiger partial charge in [0.15, 0.2) is 23.3 Å². The van der Waals surface area contributed by atoms with Crippen LogP contribution in [-0.4, -0.2) is 44.8 Å². The van der Waals surface area contributed by atoms with E-state index in [9.17, 15) is 22.8 Å². The second-order valence-corrected chi connectivity index (χ2v) is 8.90. The summed E-state index contributed by atoms with van der Waals surface area (Å²) in [4.78, 5) is 33.4. The molecule has 1 aliphatic heterocycles. The first-order valence-electron chi connectivity index (χ1n) is 12.4. The van der Waals surface area contributed by atoms with Crippen molar-refractivity contribution < 1.29 is 18.0 Å². The number of benzene rings is 1. The molecular formula is C28H27F3N6O2. The minimum Gasteiger partial charge on any atom is -0.349 e. The zero-order chi connectivity index (χ0) is 27.8. The number of halogens is 3. The Bertz CT molecular complexity index is 1450. The molecule has 1 aromatic carbocycles. The molecular weight excluding hydrogens is 509 g/mol. The van der Waals surface area contributed by atoms with Gasteiger partial charge < -0.3 is 10.6 Å². The first kappa shape index (κ1) is 27.6. The molecule has 0 radical (unpaired) electrons. The molecule has 3 heterocycles. The summed E-state index contributed by atoms with van der Waals surface area (Å²) in [5, 5.41) is 10.4. The van der Waals surface area contributed by atoms with E-state index < -0.39 is 23.0 Å². The maximum atomic E-state index is 13.7. The van der Waals surface area contributed by atoms with Crippen LogP contribution in [0.5, 0.6) is 0 Å². The number of carbonyl (C=O) groups excluding carboxylic acids is 1. The quantitative estimate of drug-likeness (QED) is 0.335. The third-order valence-corrected chi connectivity index (χ3v) is 6.04. The fraction of sp³-hybridized carbons (Fsp3) is 0.250. The summed E-state index contributed by atoms with van der Waals surface area (Å²) in [6, 6.07) is 4.29. The molecule has 39 heavy (non-hydrogen) atoms. The van der Waals surface area contributed by atoms with E-state index in [2.05, 4.69) is 25.7 Å². The van der Waals surface area contributed by atoms with Crippen LogP contribution in [0.3, 0.4) is 0 Å². The second-order valence-electron chi connectivity index (χ2n) is 8.90. The van der Waals surface area contributed by atoms with E-state index in [4.69, 9.17) is 0 Å². The van der Waals surface area contributed by atoms with Crippen LogP contribution in [0.2, 0.25) is 0 Å². The zero-order valence-corrected chi connectivity index (χ0v) is 21.2. The molecule has 202 valence electrons. The molecule has 0 atom stereocenters. The van der Waals surface area contributed by atoms with Crippen LogP contribution in [0.25, 0.3) is 17.3 Å². The number of amides is 1. The third-order valence-electron chi connectivity index (χ3n) is 6.04. The van der Waals surface area contributed by atoms with Crippen molar-refractivity contribution in [2.24, 2.45) is 0 Å². The molecule has 0 aliphatic carbocycles. The molecule has 1 fully saturated rings. The van der Waals surface area contributed by atoms with Gasteiger partial charge in [-0.3, -0.25) is 9.59 Å². The average molecular weight is 537 g/mol. The highest BCUT2D eigenvalue weighted by Crippen LogP contribution is 2.21. The lowest BCUT2D eigenvalue weighted by Gasteiger charge is -2.23. The number of piperidine rings is 1. The first-order valence-corrected chi connectivity index (χ1v) is 12.4. The van der Waals surface area contributed by atoms with Gasteiger partial charge in [0.1, 0.15) is 0 Å². The zero-order valence-electron chi connectivity index (χ0n) is 21.2. The van der Waals surface area contributed by atoms with Gasteiger partial charge in [0.2, 0.25) is 0 Å². The lowest BCUT2D eigenvalue weighted by molar-refractivity contribution is 0.0928. The summed E-state index contributed by atoms with van der Waals surface area (Å²) >= 11 is 0. The van der Waals surface area contributed by atoms with Crippen LogP contribution < -0.4 is 16.2 Å². The smallest absolute Gasteiger partial charge is 0.267 e. The second kappa shape index (κ2) is 12.9. The predicted molar refractivity (Wildman–Crippen MR) is 141 cm³/mol. The van der Waals surface area contributed by atoms with Crippen LogP contribution in [0.15, 0.2) is 71.3 Å². The SMILES string of the molecule is C\C=C/C=C(\C=C\c1ncc(C(=O)NC2CCNCC2)cn1)Cn1nc(-c2cc(F)c(F)c(F)c2)ccc1=O. The Kier molecular flexibility index (Phi) is 9.16. The van der Waals surface area contributed by atoms with E-state index in [-0.39, 0.29) is 29.8 Å². The van der Waals surface area contributed by atoms with E-state index in [1.165, 1.54) is 24.5 Å². The Balaban J connectivity index is 1.50. The monoisotopic (exact) mass is 536 g/mol. The number of allylic oxidation sites excluding steroid dienone is 5. The number of hydrogen-bond acceptors (Lipinski definition) is 6. The molecule has 0 bridgehead atoms. The third kappa shape index (κ3) is 7.35. The highest BCUT2D eigenvalue weighted by atomic mass is 19.2. The Hall–Kier alpha value is -4.38. The fourth-order valence-electron chi connectivity index (χ4n) is 3.93. The van der Waals surface area contributed by atoms with Gasteiger partial charge in [0.05, 0.1) is 17.8 Å². The van der Waals surface area contributed by atoms with E-state index in [1.54, 1.807) is 30.4 Å². The van der Waals surface area contributed by atoms with Crippen molar-refractivity contribution in [3.63, 3.8) is 0 Å². The lowest BCUT2D eigenvalue weighted by atomic mass is 10.1. The molecule has 1 saturated heterocycles. The number of nitrogens with one attached hydrogen (secondary N) is 2. The van der Waals surface area contributed by atoms with Crippen molar-refractivity contribution in [2.75, 3.05) is 13.1 Å². The van der Waals surface area contributed by atoms with Crippen molar-refractivity contribution in [2.45, 2.75) is 32.4 Å². The average Bonchev–Trinajstić information content (AvgIpc) is 2.94. The van der Waals surface area contributed by atoms with Crippen LogP contribution >= 0.6 is 0 Å². The van der Waals surface area contributed by atoms with Gasteiger partial charge >= 0.3 is 0 Å². The van der Waals surface area contributed by atoms with Gasteiger partial charge in [-0.25, -0.2) is 27.8 Å². The molecule has 4 rings (SSSR count). The number of carbonyl (C=O) groups is 1. The Morgan fingerprint density at radius 3 is 2.49 bits per heavy atom. The molecule has 2 N–H and O–H groups in total. The van der Waals surface area contributed by atoms with Gasteiger partial charge in [-0.05, 0) is 62.7 Å². The number of nitrogens with zero attached hydrogens (tertiary/aromatic N) is 4. The summed E-state index contributed by atoms with van der Waals surface area (Å²) in [7, 11) is 0. The molecule has 0 saturated carbocycles. The van der Waals surface area contributed by atoms with E-state index in [0.29, 0.717) is 17.0 Å². The molecule has 1 amide bonds. The largest absolute Gasteiger partial charge is 0.349 e. The van der Waals surface area contributed by atoms with Crippen LogP contribution in [0.4, 0.5) is 13.2 Å². The molecule has 1 aliphatic rings. The molecule has 0 unspecified atom stereocenters.